The molecule has 0 fully saturated rings. The van der Waals surface area contributed by atoms with E-state index in [4.69, 9.17) is 15.9 Å². The zero-order valence-corrected chi connectivity index (χ0v) is 13.7. The number of anilines is 1. The molecule has 0 aliphatic rings. The molecule has 0 atom stereocenters. The van der Waals surface area contributed by atoms with Gasteiger partial charge in [0.05, 0.1) is 7.11 Å². The highest BCUT2D eigenvalue weighted by atomic mass is 32.2. The molecule has 0 aliphatic carbocycles. The summed E-state index contributed by atoms with van der Waals surface area (Å²) in [6.07, 6.45) is 0. The SMILES string of the molecule is COc1ccc(C(=N)N)cc1CSc1nnc(N(C)C)s1. The minimum absolute atomic E-state index is 0.0507. The minimum Gasteiger partial charge on any atom is -0.496 e. The topological polar surface area (TPSA) is 88.1 Å². The molecule has 1 heterocycles. The Bertz CT molecular complexity index is 641. The van der Waals surface area contributed by atoms with Gasteiger partial charge in [-0.2, -0.15) is 0 Å². The molecule has 112 valence electrons. The van der Waals surface area contributed by atoms with Gasteiger partial charge in [-0.3, -0.25) is 5.41 Å². The normalized spacial score (nSPS) is 10.4. The Balaban J connectivity index is 2.14. The molecule has 1 aromatic carbocycles. The van der Waals surface area contributed by atoms with E-state index < -0.39 is 0 Å². The van der Waals surface area contributed by atoms with Gasteiger partial charge in [0.15, 0.2) is 4.34 Å². The van der Waals surface area contributed by atoms with Crippen molar-refractivity contribution in [2.45, 2.75) is 10.1 Å². The van der Waals surface area contributed by atoms with Gasteiger partial charge >= 0.3 is 0 Å². The zero-order valence-electron chi connectivity index (χ0n) is 12.1. The van der Waals surface area contributed by atoms with Crippen LogP contribution < -0.4 is 15.4 Å². The van der Waals surface area contributed by atoms with E-state index in [2.05, 4.69) is 10.2 Å². The summed E-state index contributed by atoms with van der Waals surface area (Å²) in [6, 6.07) is 5.49. The van der Waals surface area contributed by atoms with Crippen molar-refractivity contribution in [3.05, 3.63) is 29.3 Å². The second kappa shape index (κ2) is 6.77. The number of nitrogens with one attached hydrogen (secondary N) is 1. The van der Waals surface area contributed by atoms with Crippen LogP contribution in [-0.4, -0.2) is 37.2 Å². The van der Waals surface area contributed by atoms with E-state index in [0.717, 1.165) is 20.8 Å². The highest BCUT2D eigenvalue weighted by Gasteiger charge is 2.10. The van der Waals surface area contributed by atoms with Crippen LogP contribution in [0.1, 0.15) is 11.1 Å². The number of nitrogens with zero attached hydrogens (tertiary/aromatic N) is 3. The first-order valence-electron chi connectivity index (χ1n) is 6.16. The first-order valence-corrected chi connectivity index (χ1v) is 7.96. The molecule has 21 heavy (non-hydrogen) atoms. The van der Waals surface area contributed by atoms with E-state index in [-0.39, 0.29) is 5.84 Å². The molecule has 6 nitrogen and oxygen atoms in total. The number of benzene rings is 1. The van der Waals surface area contributed by atoms with Crippen LogP contribution in [0, 0.1) is 5.41 Å². The molecule has 0 spiro atoms. The van der Waals surface area contributed by atoms with Crippen LogP contribution in [-0.2, 0) is 5.75 Å². The fourth-order valence-corrected chi connectivity index (χ4v) is 3.38. The van der Waals surface area contributed by atoms with Crippen molar-refractivity contribution in [1.29, 1.82) is 5.41 Å². The summed E-state index contributed by atoms with van der Waals surface area (Å²) in [5, 5.41) is 16.6. The summed E-state index contributed by atoms with van der Waals surface area (Å²) in [6.45, 7) is 0. The van der Waals surface area contributed by atoms with Gasteiger partial charge in [-0.05, 0) is 18.2 Å². The molecule has 8 heteroatoms. The number of ether oxygens (including phenoxy) is 1. The molecule has 2 rings (SSSR count). The van der Waals surface area contributed by atoms with Crippen molar-refractivity contribution in [2.75, 3.05) is 26.1 Å². The first kappa shape index (κ1) is 15.6. The number of nitrogen functional groups attached to an aromatic ring is 1. The number of rotatable bonds is 6. The van der Waals surface area contributed by atoms with Crippen LogP contribution in [0.4, 0.5) is 5.13 Å². The third-order valence-corrected chi connectivity index (χ3v) is 4.99. The van der Waals surface area contributed by atoms with Crippen molar-refractivity contribution in [1.82, 2.24) is 10.2 Å². The molecule has 0 aliphatic heterocycles. The second-order valence-corrected chi connectivity index (χ2v) is 6.65. The maximum Gasteiger partial charge on any atom is 0.208 e. The van der Waals surface area contributed by atoms with Gasteiger partial charge in [0.2, 0.25) is 5.13 Å². The molecule has 2 aromatic rings. The molecule has 0 unspecified atom stereocenters. The largest absolute Gasteiger partial charge is 0.496 e. The average molecular weight is 323 g/mol. The first-order chi connectivity index (χ1) is 10.0. The van der Waals surface area contributed by atoms with E-state index in [0.29, 0.717) is 11.3 Å². The lowest BCUT2D eigenvalue weighted by atomic mass is 10.1. The number of amidine groups is 1. The van der Waals surface area contributed by atoms with Gasteiger partial charge in [-0.15, -0.1) is 10.2 Å². The van der Waals surface area contributed by atoms with Crippen LogP contribution in [0.25, 0.3) is 0 Å². The molecule has 0 bridgehead atoms. The Morgan fingerprint density at radius 3 is 2.76 bits per heavy atom. The van der Waals surface area contributed by atoms with E-state index >= 15 is 0 Å². The predicted molar refractivity (Wildman–Crippen MR) is 87.8 cm³/mol. The van der Waals surface area contributed by atoms with E-state index in [9.17, 15) is 0 Å². The van der Waals surface area contributed by atoms with Gasteiger partial charge in [-0.1, -0.05) is 23.1 Å². The van der Waals surface area contributed by atoms with Gasteiger partial charge in [-0.25, -0.2) is 0 Å². The predicted octanol–water partition coefficient (Wildman–Crippen LogP) is 2.19. The Kier molecular flexibility index (Phi) is 5.03. The van der Waals surface area contributed by atoms with Crippen LogP contribution in [0.15, 0.2) is 22.5 Å². The van der Waals surface area contributed by atoms with E-state index in [1.165, 1.54) is 0 Å². The summed E-state index contributed by atoms with van der Waals surface area (Å²) < 4.78 is 6.24. The lowest BCUT2D eigenvalue weighted by Crippen LogP contribution is -2.11. The Hall–Kier alpha value is -1.80. The summed E-state index contributed by atoms with van der Waals surface area (Å²) in [7, 11) is 5.51. The van der Waals surface area contributed by atoms with Crippen LogP contribution >= 0.6 is 23.1 Å². The summed E-state index contributed by atoms with van der Waals surface area (Å²) in [5.41, 5.74) is 7.20. The van der Waals surface area contributed by atoms with Crippen molar-refractivity contribution in [3.63, 3.8) is 0 Å². The number of thioether (sulfide) groups is 1. The maximum atomic E-state index is 7.51. The summed E-state index contributed by atoms with van der Waals surface area (Å²) >= 11 is 3.13. The number of methoxy groups -OCH3 is 1. The van der Waals surface area contributed by atoms with Gasteiger partial charge in [0.1, 0.15) is 11.6 Å². The maximum absolute atomic E-state index is 7.51. The number of hydrogen-bond acceptors (Lipinski definition) is 7. The van der Waals surface area contributed by atoms with Crippen molar-refractivity contribution < 1.29 is 4.74 Å². The fourth-order valence-electron chi connectivity index (χ4n) is 1.64. The van der Waals surface area contributed by atoms with Gasteiger partial charge < -0.3 is 15.4 Å². The van der Waals surface area contributed by atoms with Crippen LogP contribution in [0.2, 0.25) is 0 Å². The molecular weight excluding hydrogens is 306 g/mol. The Morgan fingerprint density at radius 2 is 2.19 bits per heavy atom. The molecule has 0 saturated heterocycles. The summed E-state index contributed by atoms with van der Waals surface area (Å²) in [5.74, 6) is 1.52. The smallest absolute Gasteiger partial charge is 0.208 e. The fraction of sp³-hybridized carbons (Fsp3) is 0.308. The molecule has 1 aromatic heterocycles. The minimum atomic E-state index is 0.0507. The molecule has 3 N–H and O–H groups in total. The van der Waals surface area contributed by atoms with Crippen molar-refractivity contribution in [2.24, 2.45) is 5.73 Å². The standard InChI is InChI=1S/C13H17N5OS2/c1-18(2)12-16-17-13(21-12)20-7-9-6-8(11(14)15)4-5-10(9)19-3/h4-6H,7H2,1-3H3,(H3,14,15). The average Bonchev–Trinajstić information content (AvgIpc) is 2.93. The lowest BCUT2D eigenvalue weighted by Gasteiger charge is -2.09. The van der Waals surface area contributed by atoms with Gasteiger partial charge in [0, 0.05) is 31.0 Å². The van der Waals surface area contributed by atoms with Crippen LogP contribution in [0.3, 0.4) is 0 Å². The van der Waals surface area contributed by atoms with E-state index in [1.54, 1.807) is 36.3 Å². The molecular formula is C13H17N5OS2. The van der Waals surface area contributed by atoms with Crippen molar-refractivity contribution >= 4 is 34.1 Å². The third-order valence-electron chi connectivity index (χ3n) is 2.72. The molecule has 0 amide bonds. The molecule has 0 saturated carbocycles. The highest BCUT2D eigenvalue weighted by molar-refractivity contribution is 8.00. The second-order valence-electron chi connectivity index (χ2n) is 4.47. The number of aromatic nitrogens is 2. The van der Waals surface area contributed by atoms with Gasteiger partial charge in [0.25, 0.3) is 0 Å². The van der Waals surface area contributed by atoms with E-state index in [1.807, 2.05) is 31.1 Å². The lowest BCUT2D eigenvalue weighted by molar-refractivity contribution is 0.411. The molecule has 0 radical (unpaired) electrons. The summed E-state index contributed by atoms with van der Waals surface area (Å²) in [4.78, 5) is 1.93. The Morgan fingerprint density at radius 1 is 1.43 bits per heavy atom. The quantitative estimate of drug-likeness (QED) is 0.481. The monoisotopic (exact) mass is 323 g/mol. The zero-order chi connectivity index (χ0) is 15.4. The third kappa shape index (κ3) is 3.85. The van der Waals surface area contributed by atoms with Crippen LogP contribution in [0.5, 0.6) is 5.75 Å². The number of hydrogen-bond donors (Lipinski definition) is 2. The highest BCUT2D eigenvalue weighted by Crippen LogP contribution is 2.32. The van der Waals surface area contributed by atoms with Crippen molar-refractivity contribution in [3.8, 4) is 5.75 Å². The number of nitrogens with two attached hydrogens (primary N) is 1. The Labute approximate surface area is 131 Å².